The zero-order chi connectivity index (χ0) is 19.4. The highest BCUT2D eigenvalue weighted by molar-refractivity contribution is 7.07. The first-order valence-electron chi connectivity index (χ1n) is 8.21. The molecule has 27 heavy (non-hydrogen) atoms. The van der Waals surface area contributed by atoms with Crippen molar-refractivity contribution in [3.8, 4) is 17.8 Å². The molecule has 132 valence electrons. The van der Waals surface area contributed by atoms with Crippen LogP contribution in [0.15, 0.2) is 53.3 Å². The van der Waals surface area contributed by atoms with E-state index < -0.39 is 11.4 Å². The monoisotopic (exact) mass is 375 g/mol. The third-order valence-corrected chi connectivity index (χ3v) is 5.15. The van der Waals surface area contributed by atoms with Crippen LogP contribution >= 0.6 is 11.3 Å². The summed E-state index contributed by atoms with van der Waals surface area (Å²) in [7, 11) is 0. The summed E-state index contributed by atoms with van der Waals surface area (Å²) in [6, 6.07) is 17.1. The van der Waals surface area contributed by atoms with Crippen LogP contribution in [0.1, 0.15) is 18.1 Å². The van der Waals surface area contributed by atoms with E-state index >= 15 is 0 Å². The number of halogens is 1. The maximum absolute atomic E-state index is 14.0. The Bertz CT molecular complexity index is 1240. The summed E-state index contributed by atoms with van der Waals surface area (Å²) in [6.45, 7) is 2.02. The summed E-state index contributed by atoms with van der Waals surface area (Å²) < 4.78 is 15.8. The lowest BCUT2D eigenvalue weighted by atomic mass is 10.1. The van der Waals surface area contributed by atoms with Crippen LogP contribution in [0, 0.1) is 28.5 Å². The number of aryl methyl sites for hydroxylation is 1. The lowest BCUT2D eigenvalue weighted by Crippen LogP contribution is -2.30. The molecule has 0 radical (unpaired) electrons. The molecule has 0 spiro atoms. The second-order valence-corrected chi connectivity index (χ2v) is 6.73. The van der Waals surface area contributed by atoms with Crippen molar-refractivity contribution in [1.29, 1.82) is 10.5 Å². The highest BCUT2D eigenvalue weighted by atomic mass is 32.1. The maximum atomic E-state index is 14.0. The van der Waals surface area contributed by atoms with Crippen LogP contribution in [-0.4, -0.2) is 4.57 Å². The van der Waals surface area contributed by atoms with Gasteiger partial charge < -0.3 is 0 Å². The average molecular weight is 375 g/mol. The van der Waals surface area contributed by atoms with Crippen molar-refractivity contribution in [2.24, 2.45) is 0 Å². The van der Waals surface area contributed by atoms with Crippen LogP contribution in [0.2, 0.25) is 0 Å². The summed E-state index contributed by atoms with van der Waals surface area (Å²) in [5, 5.41) is 18.6. The first kappa shape index (κ1) is 18.3. The van der Waals surface area contributed by atoms with Gasteiger partial charge in [0.05, 0.1) is 10.2 Å². The van der Waals surface area contributed by atoms with Gasteiger partial charge in [-0.2, -0.15) is 10.5 Å². The Morgan fingerprint density at radius 1 is 1.15 bits per heavy atom. The fraction of sp³-hybridized carbons (Fsp3) is 0.0952. The summed E-state index contributed by atoms with van der Waals surface area (Å²) in [5.41, 5.74) is 1.37. The van der Waals surface area contributed by atoms with Crippen molar-refractivity contribution in [3.63, 3.8) is 0 Å². The Morgan fingerprint density at radius 3 is 2.41 bits per heavy atom. The SMILES string of the molecule is CCc1ccc(-n2c(=C(C#N)C#N)s/c(=C/c3ccccc3F)c2=O)cc1. The van der Waals surface area contributed by atoms with Crippen LogP contribution < -0.4 is 14.8 Å². The molecule has 1 aromatic heterocycles. The quantitative estimate of drug-likeness (QED) is 0.707. The van der Waals surface area contributed by atoms with Crippen LogP contribution in [0.25, 0.3) is 17.3 Å². The number of rotatable bonds is 3. The molecule has 4 nitrogen and oxygen atoms in total. The number of nitriles is 2. The highest BCUT2D eigenvalue weighted by Crippen LogP contribution is 2.09. The Balaban J connectivity index is 2.37. The first-order valence-corrected chi connectivity index (χ1v) is 9.02. The van der Waals surface area contributed by atoms with Crippen LogP contribution in [0.5, 0.6) is 0 Å². The summed E-state index contributed by atoms with van der Waals surface area (Å²) >= 11 is 0.998. The van der Waals surface area contributed by atoms with E-state index in [9.17, 15) is 19.7 Å². The number of nitrogens with zero attached hydrogens (tertiary/aromatic N) is 3. The zero-order valence-corrected chi connectivity index (χ0v) is 15.3. The van der Waals surface area contributed by atoms with Crippen LogP contribution in [-0.2, 0) is 6.42 Å². The molecule has 0 saturated carbocycles. The molecular weight excluding hydrogens is 361 g/mol. The van der Waals surface area contributed by atoms with Gasteiger partial charge in [-0.15, -0.1) is 11.3 Å². The normalized spacial score (nSPS) is 11.0. The van der Waals surface area contributed by atoms with E-state index in [1.54, 1.807) is 30.3 Å². The van der Waals surface area contributed by atoms with Gasteiger partial charge in [0, 0.05) is 5.56 Å². The second-order valence-electron chi connectivity index (χ2n) is 5.70. The molecule has 0 aliphatic heterocycles. The van der Waals surface area contributed by atoms with E-state index in [1.807, 2.05) is 31.2 Å². The number of hydrogen-bond acceptors (Lipinski definition) is 4. The molecule has 0 amide bonds. The minimum absolute atomic E-state index is 0.162. The summed E-state index contributed by atoms with van der Waals surface area (Å²) in [6.07, 6.45) is 2.29. The molecule has 0 aliphatic carbocycles. The summed E-state index contributed by atoms with van der Waals surface area (Å²) in [4.78, 5) is 13.0. The Labute approximate surface area is 159 Å². The second kappa shape index (κ2) is 7.82. The number of thiazole rings is 1. The van der Waals surface area contributed by atoms with E-state index in [0.29, 0.717) is 5.69 Å². The number of aromatic nitrogens is 1. The Kier molecular flexibility index (Phi) is 5.30. The predicted octanol–water partition coefficient (Wildman–Crippen LogP) is 2.63. The molecule has 1 heterocycles. The van der Waals surface area contributed by atoms with Crippen molar-refractivity contribution in [2.75, 3.05) is 0 Å². The van der Waals surface area contributed by atoms with E-state index in [2.05, 4.69) is 0 Å². The van der Waals surface area contributed by atoms with E-state index in [0.717, 1.165) is 23.3 Å². The van der Waals surface area contributed by atoms with Crippen molar-refractivity contribution >= 4 is 23.0 Å². The average Bonchev–Trinajstić information content (AvgIpc) is 3.01. The molecular formula is C21H14FN3OS. The molecule has 2 aromatic carbocycles. The van der Waals surface area contributed by atoms with Gasteiger partial charge in [-0.25, -0.2) is 4.39 Å². The van der Waals surface area contributed by atoms with Gasteiger partial charge in [-0.1, -0.05) is 37.3 Å². The largest absolute Gasteiger partial charge is 0.273 e. The third-order valence-electron chi connectivity index (χ3n) is 4.06. The fourth-order valence-corrected chi connectivity index (χ4v) is 3.66. The van der Waals surface area contributed by atoms with Gasteiger partial charge in [0.15, 0.2) is 5.57 Å². The first-order chi connectivity index (χ1) is 13.1. The molecule has 0 N–H and O–H groups in total. The van der Waals surface area contributed by atoms with Gasteiger partial charge in [0.1, 0.15) is 22.6 Å². The fourth-order valence-electron chi connectivity index (χ4n) is 2.62. The topological polar surface area (TPSA) is 69.6 Å². The molecule has 3 rings (SSSR count). The van der Waals surface area contributed by atoms with E-state index in [-0.39, 0.29) is 20.3 Å². The molecule has 0 aliphatic rings. The van der Waals surface area contributed by atoms with Gasteiger partial charge in [0.2, 0.25) is 0 Å². The maximum Gasteiger partial charge on any atom is 0.273 e. The van der Waals surface area contributed by atoms with E-state index in [4.69, 9.17) is 0 Å². The molecule has 3 aromatic rings. The van der Waals surface area contributed by atoms with Crippen molar-refractivity contribution in [1.82, 2.24) is 4.57 Å². The van der Waals surface area contributed by atoms with Crippen molar-refractivity contribution < 1.29 is 4.39 Å². The molecule has 0 saturated heterocycles. The van der Waals surface area contributed by atoms with Gasteiger partial charge in [-0.3, -0.25) is 9.36 Å². The van der Waals surface area contributed by atoms with Gasteiger partial charge >= 0.3 is 0 Å². The Hall–Kier alpha value is -3.48. The van der Waals surface area contributed by atoms with Crippen molar-refractivity contribution in [2.45, 2.75) is 13.3 Å². The zero-order valence-electron chi connectivity index (χ0n) is 14.4. The lowest BCUT2D eigenvalue weighted by Gasteiger charge is -2.03. The van der Waals surface area contributed by atoms with Crippen molar-refractivity contribution in [3.05, 3.63) is 85.0 Å². The summed E-state index contributed by atoms with van der Waals surface area (Å²) in [5.74, 6) is -0.449. The molecule has 0 bridgehead atoms. The third kappa shape index (κ3) is 3.57. The number of benzene rings is 2. The molecule has 0 fully saturated rings. The van der Waals surface area contributed by atoms with Crippen LogP contribution in [0.4, 0.5) is 4.39 Å². The predicted molar refractivity (Wildman–Crippen MR) is 103 cm³/mol. The van der Waals surface area contributed by atoms with Gasteiger partial charge in [-0.05, 0) is 36.3 Å². The Morgan fingerprint density at radius 2 is 1.81 bits per heavy atom. The standard InChI is InChI=1S/C21H14FN3OS/c1-2-14-7-9-17(10-8-14)25-20(26)19(27-21(25)16(12-23)13-24)11-15-5-3-4-6-18(15)22/h3-11H,2H2,1H3/b19-11+. The minimum atomic E-state index is -0.449. The smallest absolute Gasteiger partial charge is 0.267 e. The van der Waals surface area contributed by atoms with Gasteiger partial charge in [0.25, 0.3) is 5.56 Å². The number of hydrogen-bond donors (Lipinski definition) is 0. The lowest BCUT2D eigenvalue weighted by molar-refractivity contribution is 0.625. The molecule has 0 unspecified atom stereocenters. The highest BCUT2D eigenvalue weighted by Gasteiger charge is 2.11. The van der Waals surface area contributed by atoms with Crippen LogP contribution in [0.3, 0.4) is 0 Å². The minimum Gasteiger partial charge on any atom is -0.267 e. The molecule has 6 heteroatoms. The molecule has 0 atom stereocenters. The van der Waals surface area contributed by atoms with E-state index in [1.165, 1.54) is 16.7 Å².